The average Bonchev–Trinajstić information content (AvgIpc) is 3.21. The zero-order valence-electron chi connectivity index (χ0n) is 14.7. The summed E-state index contributed by atoms with van der Waals surface area (Å²) in [5.41, 5.74) is 5.92. The van der Waals surface area contributed by atoms with Crippen molar-refractivity contribution in [1.82, 2.24) is 10.0 Å². The second-order valence-corrected chi connectivity index (χ2v) is 9.58. The Morgan fingerprint density at radius 1 is 1.36 bits per heavy atom. The molecule has 2 N–H and O–H groups in total. The zero-order chi connectivity index (χ0) is 19.9. The van der Waals surface area contributed by atoms with Gasteiger partial charge in [0.25, 0.3) is 10.0 Å². The molecule has 1 aliphatic carbocycles. The highest BCUT2D eigenvalue weighted by Crippen LogP contribution is 2.35. The lowest BCUT2D eigenvalue weighted by atomic mass is 9.95. The van der Waals surface area contributed by atoms with Gasteiger partial charge in [-0.05, 0) is 30.7 Å². The van der Waals surface area contributed by atoms with Crippen LogP contribution in [0.25, 0.3) is 0 Å². The number of hydrogen-bond acceptors (Lipinski definition) is 6. The van der Waals surface area contributed by atoms with Gasteiger partial charge < -0.3 is 5.32 Å². The highest BCUT2D eigenvalue weighted by molar-refractivity contribution is 8.37. The van der Waals surface area contributed by atoms with Crippen LogP contribution >= 0.6 is 10.5 Å². The van der Waals surface area contributed by atoms with Gasteiger partial charge >= 0.3 is 0 Å². The van der Waals surface area contributed by atoms with Crippen LogP contribution in [0.5, 0.6) is 0 Å². The van der Waals surface area contributed by atoms with E-state index in [1.54, 1.807) is 23.8 Å². The van der Waals surface area contributed by atoms with Crippen LogP contribution in [-0.4, -0.2) is 42.2 Å². The first-order valence-electron chi connectivity index (χ1n) is 8.37. The summed E-state index contributed by atoms with van der Waals surface area (Å²) in [6.07, 6.45) is 4.32. The maximum atomic E-state index is 12.0. The van der Waals surface area contributed by atoms with E-state index in [4.69, 9.17) is 0 Å². The van der Waals surface area contributed by atoms with E-state index in [-0.39, 0.29) is 16.8 Å². The molecule has 2 atom stereocenters. The molecule has 2 heterocycles. The molecule has 144 valence electrons. The number of carbonyl (C=O) groups excluding carboxylic acids is 2. The summed E-state index contributed by atoms with van der Waals surface area (Å²) in [5.74, 6) is -0.775. The van der Waals surface area contributed by atoms with Crippen molar-refractivity contribution in [3.05, 3.63) is 47.7 Å². The van der Waals surface area contributed by atoms with E-state index in [2.05, 4.69) is 15.3 Å². The molecule has 0 bridgehead atoms. The van der Waals surface area contributed by atoms with Crippen LogP contribution in [0.15, 0.2) is 62.6 Å². The van der Waals surface area contributed by atoms with Crippen molar-refractivity contribution < 1.29 is 18.0 Å². The van der Waals surface area contributed by atoms with Crippen molar-refractivity contribution in [2.45, 2.75) is 24.3 Å². The number of benzene rings is 1. The minimum atomic E-state index is -3.87. The number of hydrogen-bond donors (Lipinski definition) is 2. The number of sulfonamides is 1. The van der Waals surface area contributed by atoms with Crippen LogP contribution in [0, 0.1) is 0 Å². The Morgan fingerprint density at radius 2 is 2.11 bits per heavy atom. The monoisotopic (exact) mass is 416 g/mol. The van der Waals surface area contributed by atoms with Crippen molar-refractivity contribution in [2.24, 2.45) is 9.98 Å². The van der Waals surface area contributed by atoms with Gasteiger partial charge in [0.2, 0.25) is 11.8 Å². The van der Waals surface area contributed by atoms with E-state index in [1.165, 1.54) is 12.1 Å². The van der Waals surface area contributed by atoms with E-state index >= 15 is 0 Å². The summed E-state index contributed by atoms with van der Waals surface area (Å²) in [4.78, 5) is 32.7. The minimum Gasteiger partial charge on any atom is -0.322 e. The van der Waals surface area contributed by atoms with E-state index in [0.29, 0.717) is 5.69 Å². The molecule has 4 rings (SSSR count). The van der Waals surface area contributed by atoms with E-state index in [9.17, 15) is 18.0 Å². The molecule has 0 spiro atoms. The largest absolute Gasteiger partial charge is 0.322 e. The third kappa shape index (κ3) is 3.48. The summed E-state index contributed by atoms with van der Waals surface area (Å²) >= 11 is 0. The molecule has 28 heavy (non-hydrogen) atoms. The summed E-state index contributed by atoms with van der Waals surface area (Å²) < 4.78 is 25.9. The number of amides is 2. The van der Waals surface area contributed by atoms with Crippen molar-refractivity contribution in [2.75, 3.05) is 0 Å². The van der Waals surface area contributed by atoms with Gasteiger partial charge in [-0.15, -0.1) is 0 Å². The Labute approximate surface area is 164 Å². The maximum Gasteiger partial charge on any atom is 0.264 e. The number of nitrogens with zero attached hydrogens (tertiary/aromatic N) is 2. The SMILES string of the molecule is CC(=O)NS(=O)(=O)c1ccc(N=CS2=C3C4=CC(=O)NC4=CCC3N=C2)cc1. The number of carbonyl (C=O) groups is 2. The standard InChI is InChI=1S/C18H16N4O4S2/c1-11(23)22-28(25,26)13-4-2-12(3-5-13)19-9-27-10-20-16-7-6-15-14(18(16)27)8-17(24)21-15/h2-6,8-10,16H,7H2,1H3,(H,21,24)(H,22,23). The average molecular weight is 416 g/mol. The molecule has 1 aromatic rings. The van der Waals surface area contributed by atoms with Gasteiger partial charge in [0.1, 0.15) is 0 Å². The molecule has 2 aliphatic heterocycles. The summed E-state index contributed by atoms with van der Waals surface area (Å²) in [7, 11) is -4.31. The molecule has 2 amide bonds. The van der Waals surface area contributed by atoms with Crippen LogP contribution in [0.1, 0.15) is 13.3 Å². The first-order valence-corrected chi connectivity index (χ1v) is 11.2. The molecule has 8 nitrogen and oxygen atoms in total. The zero-order valence-corrected chi connectivity index (χ0v) is 16.4. The summed E-state index contributed by atoms with van der Waals surface area (Å²) in [6.45, 7) is 1.14. The van der Waals surface area contributed by atoms with Gasteiger partial charge in [-0.2, -0.15) is 0 Å². The molecule has 0 fully saturated rings. The second-order valence-electron chi connectivity index (χ2n) is 6.30. The number of fused-ring (bicyclic) bond motifs is 3. The molecule has 0 radical (unpaired) electrons. The quantitative estimate of drug-likeness (QED) is 0.438. The first kappa shape index (κ1) is 18.5. The predicted molar refractivity (Wildman–Crippen MR) is 109 cm³/mol. The highest BCUT2D eigenvalue weighted by Gasteiger charge is 2.33. The van der Waals surface area contributed by atoms with E-state index in [1.807, 2.05) is 16.3 Å². The van der Waals surface area contributed by atoms with Gasteiger partial charge in [0.15, 0.2) is 0 Å². The third-order valence-corrected chi connectivity index (χ3v) is 7.42. The van der Waals surface area contributed by atoms with Crippen molar-refractivity contribution >= 4 is 54.0 Å². The molecule has 0 saturated heterocycles. The lowest BCUT2D eigenvalue weighted by Gasteiger charge is -2.19. The van der Waals surface area contributed by atoms with E-state index < -0.39 is 26.4 Å². The third-order valence-electron chi connectivity index (χ3n) is 4.29. The van der Waals surface area contributed by atoms with Gasteiger partial charge in [0.05, 0.1) is 27.7 Å². The maximum absolute atomic E-state index is 12.0. The normalized spacial score (nSPS) is 23.2. The minimum absolute atomic E-state index is 0.0104. The van der Waals surface area contributed by atoms with E-state index in [0.717, 1.165) is 29.5 Å². The van der Waals surface area contributed by atoms with Crippen molar-refractivity contribution in [3.8, 4) is 0 Å². The summed E-state index contributed by atoms with van der Waals surface area (Å²) in [6, 6.07) is 5.95. The van der Waals surface area contributed by atoms with Crippen LogP contribution < -0.4 is 10.0 Å². The molecule has 1 aromatic carbocycles. The van der Waals surface area contributed by atoms with Gasteiger partial charge in [-0.3, -0.25) is 19.6 Å². The molecule has 2 unspecified atom stereocenters. The fourth-order valence-electron chi connectivity index (χ4n) is 3.10. The van der Waals surface area contributed by atoms with Gasteiger partial charge in [-0.25, -0.2) is 13.1 Å². The summed E-state index contributed by atoms with van der Waals surface area (Å²) in [5, 5.41) is 2.82. The Hall–Kier alpha value is -2.85. The number of allylic oxidation sites excluding steroid dienone is 1. The van der Waals surface area contributed by atoms with Crippen LogP contribution in [0.3, 0.4) is 0 Å². The number of aliphatic imine (C=N–C) groups is 2. The lowest BCUT2D eigenvalue weighted by Crippen LogP contribution is -2.28. The Kier molecular flexibility index (Phi) is 4.60. The Balaban J connectivity index is 1.59. The van der Waals surface area contributed by atoms with Crippen LogP contribution in [-0.2, 0) is 19.6 Å². The number of rotatable bonds is 4. The van der Waals surface area contributed by atoms with Crippen molar-refractivity contribution in [3.63, 3.8) is 0 Å². The topological polar surface area (TPSA) is 117 Å². The lowest BCUT2D eigenvalue weighted by molar-refractivity contribution is -0.117. The predicted octanol–water partition coefficient (Wildman–Crippen LogP) is 1.37. The smallest absolute Gasteiger partial charge is 0.264 e. The highest BCUT2D eigenvalue weighted by atomic mass is 32.2. The van der Waals surface area contributed by atoms with Crippen molar-refractivity contribution in [1.29, 1.82) is 0 Å². The first-order chi connectivity index (χ1) is 13.3. The van der Waals surface area contributed by atoms with Crippen LogP contribution in [0.4, 0.5) is 5.69 Å². The second kappa shape index (κ2) is 6.95. The number of nitrogens with one attached hydrogen (secondary N) is 2. The molecule has 0 aromatic heterocycles. The molecule has 3 aliphatic rings. The van der Waals surface area contributed by atoms with Crippen LogP contribution in [0.2, 0.25) is 0 Å². The molecule has 0 saturated carbocycles. The fourth-order valence-corrected chi connectivity index (χ4v) is 5.78. The molecular formula is C18H16N4O4S2. The van der Waals surface area contributed by atoms with Gasteiger partial charge in [0, 0.05) is 29.1 Å². The van der Waals surface area contributed by atoms with Gasteiger partial charge in [-0.1, -0.05) is 16.6 Å². The Bertz CT molecular complexity index is 1140. The molecule has 10 heteroatoms. The fraction of sp³-hybridized carbons (Fsp3) is 0.167. The molecular weight excluding hydrogens is 400 g/mol. The Morgan fingerprint density at radius 3 is 2.82 bits per heavy atom.